The molecule has 3 nitrogen and oxygen atoms in total. The monoisotopic (exact) mass is 213 g/mol. The Morgan fingerprint density at radius 3 is 2.25 bits per heavy atom. The SMILES string of the molecule is Br.N=c1nc(N)ss1. The molecule has 0 saturated carbocycles. The minimum absolute atomic E-state index is 0. The Bertz CT molecular complexity index is 203. The molecule has 0 amide bonds. The lowest BCUT2D eigenvalue weighted by Crippen LogP contribution is -1.94. The van der Waals surface area contributed by atoms with Crippen LogP contribution >= 0.6 is 37.7 Å². The first-order valence-electron chi connectivity index (χ1n) is 1.56. The van der Waals surface area contributed by atoms with Crippen molar-refractivity contribution in [2.45, 2.75) is 0 Å². The second-order valence-corrected chi connectivity index (χ2v) is 3.06. The molecule has 0 spiro atoms. The van der Waals surface area contributed by atoms with Crippen molar-refractivity contribution in [1.29, 1.82) is 5.41 Å². The van der Waals surface area contributed by atoms with Gasteiger partial charge in [-0.15, -0.1) is 17.0 Å². The third kappa shape index (κ3) is 1.89. The smallest absolute Gasteiger partial charge is 0.214 e. The number of nitrogens with two attached hydrogens (primary N) is 1. The molecule has 0 radical (unpaired) electrons. The summed E-state index contributed by atoms with van der Waals surface area (Å²) in [6.45, 7) is 0. The molecular weight excluding hydrogens is 210 g/mol. The van der Waals surface area contributed by atoms with Gasteiger partial charge >= 0.3 is 0 Å². The molecule has 0 atom stereocenters. The highest BCUT2D eigenvalue weighted by atomic mass is 79.9. The molecular formula is C2H4BrN3S2. The predicted octanol–water partition coefficient (Wildman–Crippen LogP) is 0.844. The van der Waals surface area contributed by atoms with Crippen molar-refractivity contribution < 1.29 is 0 Å². The van der Waals surface area contributed by atoms with Gasteiger partial charge in [0, 0.05) is 0 Å². The number of nitrogens with one attached hydrogen (secondary N) is 1. The van der Waals surface area contributed by atoms with Crippen molar-refractivity contribution in [3.05, 3.63) is 4.80 Å². The van der Waals surface area contributed by atoms with E-state index in [1.807, 2.05) is 0 Å². The minimum atomic E-state index is 0. The molecule has 0 aliphatic carbocycles. The highest BCUT2D eigenvalue weighted by molar-refractivity contribution is 8.93. The van der Waals surface area contributed by atoms with Gasteiger partial charge in [0.05, 0.1) is 0 Å². The number of anilines is 1. The summed E-state index contributed by atoms with van der Waals surface area (Å²) in [4.78, 5) is 3.89. The maximum atomic E-state index is 6.85. The maximum Gasteiger partial charge on any atom is 0.214 e. The summed E-state index contributed by atoms with van der Waals surface area (Å²) in [5.41, 5.74) is 5.18. The van der Waals surface area contributed by atoms with Crippen LogP contribution in [0.2, 0.25) is 0 Å². The van der Waals surface area contributed by atoms with Gasteiger partial charge in [-0.2, -0.15) is 4.98 Å². The van der Waals surface area contributed by atoms with Crippen LogP contribution in [-0.2, 0) is 0 Å². The Balaban J connectivity index is 0.000000490. The van der Waals surface area contributed by atoms with Crippen LogP contribution in [0, 0.1) is 5.41 Å². The highest BCUT2D eigenvalue weighted by Crippen LogP contribution is 2.05. The fourth-order valence-corrected chi connectivity index (χ4v) is 1.42. The van der Waals surface area contributed by atoms with Crippen molar-refractivity contribution in [1.82, 2.24) is 4.98 Å². The molecule has 0 unspecified atom stereocenters. The van der Waals surface area contributed by atoms with E-state index in [-0.39, 0.29) is 17.0 Å². The van der Waals surface area contributed by atoms with Gasteiger partial charge in [-0.05, 0) is 20.7 Å². The molecule has 3 N–H and O–H groups in total. The largest absolute Gasteiger partial charge is 0.374 e. The summed E-state index contributed by atoms with van der Waals surface area (Å²) >= 11 is 0. The molecule has 0 fully saturated rings. The van der Waals surface area contributed by atoms with Gasteiger partial charge in [0.15, 0.2) is 5.13 Å². The van der Waals surface area contributed by atoms with Crippen LogP contribution in [-0.4, -0.2) is 4.98 Å². The summed E-state index contributed by atoms with van der Waals surface area (Å²) in [7, 11) is 2.60. The summed E-state index contributed by atoms with van der Waals surface area (Å²) in [5, 5.41) is 7.34. The van der Waals surface area contributed by atoms with E-state index in [1.165, 1.54) is 20.7 Å². The van der Waals surface area contributed by atoms with E-state index in [0.29, 0.717) is 9.93 Å². The third-order valence-corrected chi connectivity index (χ3v) is 2.25. The van der Waals surface area contributed by atoms with E-state index in [1.54, 1.807) is 0 Å². The fraction of sp³-hybridized carbons (Fsp3) is 0. The summed E-state index contributed by atoms with van der Waals surface area (Å²) in [5.74, 6) is 0. The van der Waals surface area contributed by atoms with Crippen molar-refractivity contribution in [3.63, 3.8) is 0 Å². The molecule has 0 bridgehead atoms. The van der Waals surface area contributed by atoms with Crippen LogP contribution in [0.25, 0.3) is 0 Å². The van der Waals surface area contributed by atoms with Gasteiger partial charge in [-0.3, -0.25) is 5.41 Å². The molecule has 0 aromatic carbocycles. The molecule has 1 aromatic rings. The van der Waals surface area contributed by atoms with Crippen LogP contribution < -0.4 is 10.5 Å². The number of nitrogen functional groups attached to an aromatic ring is 1. The highest BCUT2D eigenvalue weighted by Gasteiger charge is 1.84. The second kappa shape index (κ2) is 3.16. The quantitative estimate of drug-likeness (QED) is 0.628. The number of aromatic nitrogens is 1. The van der Waals surface area contributed by atoms with E-state index in [2.05, 4.69) is 4.98 Å². The standard InChI is InChI=1S/C2H3N3S2.BrH/c3-1-5-2(4)7-6-1;/h(H3,3,4,5);1H. The molecule has 6 heteroatoms. The van der Waals surface area contributed by atoms with E-state index >= 15 is 0 Å². The zero-order valence-corrected chi connectivity index (χ0v) is 7.10. The molecule has 8 heavy (non-hydrogen) atoms. The maximum absolute atomic E-state index is 6.85. The Morgan fingerprint density at radius 1 is 1.50 bits per heavy atom. The average Bonchev–Trinajstić information content (AvgIpc) is 1.87. The Kier molecular flexibility index (Phi) is 3.18. The normalized spacial score (nSPS) is 8.00. The van der Waals surface area contributed by atoms with Crippen LogP contribution in [0.15, 0.2) is 0 Å². The zero-order valence-electron chi connectivity index (χ0n) is 3.75. The predicted molar refractivity (Wildman–Crippen MR) is 40.6 cm³/mol. The van der Waals surface area contributed by atoms with Gasteiger partial charge in [0.1, 0.15) is 0 Å². The topological polar surface area (TPSA) is 62.8 Å². The fourth-order valence-electron chi connectivity index (χ4n) is 0.220. The van der Waals surface area contributed by atoms with E-state index in [4.69, 9.17) is 11.1 Å². The number of nitrogens with zero attached hydrogens (tertiary/aromatic N) is 1. The zero-order chi connectivity index (χ0) is 5.28. The molecule has 1 heterocycles. The summed E-state index contributed by atoms with van der Waals surface area (Å²) in [6.07, 6.45) is 0. The van der Waals surface area contributed by atoms with Gasteiger partial charge in [-0.1, -0.05) is 0 Å². The first-order chi connectivity index (χ1) is 3.29. The first kappa shape index (κ1) is 8.06. The lowest BCUT2D eigenvalue weighted by molar-refractivity contribution is 1.19. The van der Waals surface area contributed by atoms with Crippen molar-refractivity contribution in [2.24, 2.45) is 0 Å². The molecule has 46 valence electrons. The van der Waals surface area contributed by atoms with Crippen molar-refractivity contribution >= 4 is 42.8 Å². The third-order valence-electron chi connectivity index (χ3n) is 0.418. The number of halogens is 1. The van der Waals surface area contributed by atoms with E-state index in [9.17, 15) is 0 Å². The lowest BCUT2D eigenvalue weighted by Gasteiger charge is -1.66. The van der Waals surface area contributed by atoms with Gasteiger partial charge < -0.3 is 5.73 Å². The minimum Gasteiger partial charge on any atom is -0.374 e. The first-order valence-corrected chi connectivity index (χ1v) is 3.71. The molecule has 1 rings (SSSR count). The van der Waals surface area contributed by atoms with Crippen molar-refractivity contribution in [2.75, 3.05) is 5.73 Å². The van der Waals surface area contributed by atoms with Gasteiger partial charge in [0.2, 0.25) is 4.80 Å². The molecule has 0 aliphatic heterocycles. The van der Waals surface area contributed by atoms with Crippen molar-refractivity contribution in [3.8, 4) is 0 Å². The van der Waals surface area contributed by atoms with E-state index in [0.717, 1.165) is 0 Å². The number of hydrogen-bond donors (Lipinski definition) is 2. The second-order valence-electron chi connectivity index (χ2n) is 0.922. The number of hydrogen-bond acceptors (Lipinski definition) is 5. The van der Waals surface area contributed by atoms with Gasteiger partial charge in [0.25, 0.3) is 0 Å². The molecule has 0 aliphatic rings. The Labute approximate surface area is 63.9 Å². The lowest BCUT2D eigenvalue weighted by atomic mass is 11.2. The summed E-state index contributed by atoms with van der Waals surface area (Å²) in [6, 6.07) is 0. The van der Waals surface area contributed by atoms with Crippen LogP contribution in [0.5, 0.6) is 0 Å². The van der Waals surface area contributed by atoms with Gasteiger partial charge in [-0.25, -0.2) is 0 Å². The molecule has 1 aromatic heterocycles. The van der Waals surface area contributed by atoms with Crippen LogP contribution in [0.3, 0.4) is 0 Å². The Hall–Kier alpha value is 0.0600. The average molecular weight is 214 g/mol. The molecule has 0 saturated heterocycles. The van der Waals surface area contributed by atoms with E-state index < -0.39 is 0 Å². The number of rotatable bonds is 0. The van der Waals surface area contributed by atoms with Crippen LogP contribution in [0.4, 0.5) is 5.13 Å². The van der Waals surface area contributed by atoms with Crippen LogP contribution in [0.1, 0.15) is 0 Å². The summed E-state index contributed by atoms with van der Waals surface area (Å²) < 4.78 is 0. The Morgan fingerprint density at radius 2 is 2.12 bits per heavy atom.